The van der Waals surface area contributed by atoms with Gasteiger partial charge < -0.3 is 24.6 Å². The maximum absolute atomic E-state index is 13.4. The molecule has 37 heavy (non-hydrogen) atoms. The van der Waals surface area contributed by atoms with Crippen molar-refractivity contribution < 1.29 is 27.4 Å². The van der Waals surface area contributed by atoms with Crippen LogP contribution in [-0.4, -0.2) is 89.1 Å². The molecule has 11 nitrogen and oxygen atoms in total. The van der Waals surface area contributed by atoms with Gasteiger partial charge in [0, 0.05) is 51.6 Å². The lowest BCUT2D eigenvalue weighted by Gasteiger charge is -2.36. The first-order chi connectivity index (χ1) is 17.7. The van der Waals surface area contributed by atoms with Gasteiger partial charge in [-0.1, -0.05) is 0 Å². The molecule has 0 saturated carbocycles. The summed E-state index contributed by atoms with van der Waals surface area (Å²) in [6.45, 7) is 3.84. The van der Waals surface area contributed by atoms with Crippen molar-refractivity contribution in [2.24, 2.45) is 0 Å². The van der Waals surface area contributed by atoms with Crippen molar-refractivity contribution in [1.82, 2.24) is 25.1 Å². The Bertz CT molecular complexity index is 1120. The van der Waals surface area contributed by atoms with Crippen LogP contribution in [0.15, 0.2) is 23.4 Å². The van der Waals surface area contributed by atoms with Gasteiger partial charge in [0.15, 0.2) is 0 Å². The molecule has 2 saturated heterocycles. The Morgan fingerprint density at radius 2 is 1.81 bits per heavy atom. The minimum atomic E-state index is -4.87. The summed E-state index contributed by atoms with van der Waals surface area (Å²) < 4.78 is 51.1. The Labute approximate surface area is 211 Å². The van der Waals surface area contributed by atoms with E-state index in [0.29, 0.717) is 18.9 Å². The molecule has 0 aromatic carbocycles. The van der Waals surface area contributed by atoms with Gasteiger partial charge in [-0.15, -0.1) is 0 Å². The number of methoxy groups -OCH3 is 1. The number of carbonyl (C=O) groups excluding carboxylic acids is 1. The van der Waals surface area contributed by atoms with Crippen molar-refractivity contribution in [2.45, 2.75) is 50.6 Å². The van der Waals surface area contributed by atoms with Gasteiger partial charge in [0.1, 0.15) is 11.7 Å². The van der Waals surface area contributed by atoms with Gasteiger partial charge in [-0.25, -0.2) is 15.1 Å². The van der Waals surface area contributed by atoms with Gasteiger partial charge in [0.2, 0.25) is 5.95 Å². The van der Waals surface area contributed by atoms with E-state index in [4.69, 9.17) is 9.47 Å². The molecule has 202 valence electrons. The maximum atomic E-state index is 13.4. The third kappa shape index (κ3) is 6.36. The highest BCUT2D eigenvalue weighted by Gasteiger charge is 2.40. The third-order valence-electron chi connectivity index (χ3n) is 6.51. The van der Waals surface area contributed by atoms with Crippen molar-refractivity contribution in [3.8, 4) is 0 Å². The zero-order valence-corrected chi connectivity index (χ0v) is 20.6. The van der Waals surface area contributed by atoms with Crippen molar-refractivity contribution in [1.29, 1.82) is 0 Å². The number of hydrogen-bond donors (Lipinski definition) is 2. The Balaban J connectivity index is 1.32. The molecule has 2 aliphatic rings. The summed E-state index contributed by atoms with van der Waals surface area (Å²) in [6.07, 6.45) is 0.923. The summed E-state index contributed by atoms with van der Waals surface area (Å²) >= 11 is 0. The van der Waals surface area contributed by atoms with Crippen LogP contribution in [0.2, 0.25) is 0 Å². The first-order valence-electron chi connectivity index (χ1n) is 12.0. The van der Waals surface area contributed by atoms with Crippen molar-refractivity contribution in [3.63, 3.8) is 0 Å². The zero-order chi connectivity index (χ0) is 26.6. The van der Waals surface area contributed by atoms with Gasteiger partial charge in [-0.05, 0) is 25.3 Å². The molecule has 2 atom stereocenters. The number of rotatable bonds is 9. The molecule has 2 fully saturated rings. The van der Waals surface area contributed by atoms with Crippen LogP contribution in [0.1, 0.15) is 30.4 Å². The van der Waals surface area contributed by atoms with Gasteiger partial charge in [-0.2, -0.15) is 18.3 Å². The molecule has 2 aromatic heterocycles. The molecule has 14 heteroatoms. The average Bonchev–Trinajstić information content (AvgIpc) is 3.22. The summed E-state index contributed by atoms with van der Waals surface area (Å²) in [5.74, 6) is 0.550. The predicted octanol–water partition coefficient (Wildman–Crippen LogP) is 1.60. The number of H-pyrrole nitrogens is 1. The quantitative estimate of drug-likeness (QED) is 0.502. The second kappa shape index (κ2) is 11.4. The molecule has 0 aliphatic carbocycles. The molecule has 0 spiro atoms. The Morgan fingerprint density at radius 1 is 1.11 bits per heavy atom. The van der Waals surface area contributed by atoms with Crippen molar-refractivity contribution >= 4 is 17.5 Å². The van der Waals surface area contributed by atoms with E-state index in [2.05, 4.69) is 25.3 Å². The van der Waals surface area contributed by atoms with Crippen LogP contribution in [0.3, 0.4) is 0 Å². The topological polar surface area (TPSA) is 126 Å². The summed E-state index contributed by atoms with van der Waals surface area (Å²) in [7, 11) is 1.39. The van der Waals surface area contributed by atoms with Crippen LogP contribution in [0.5, 0.6) is 0 Å². The van der Waals surface area contributed by atoms with E-state index in [1.54, 1.807) is 17.5 Å². The van der Waals surface area contributed by atoms with E-state index in [0.717, 1.165) is 37.7 Å². The fourth-order valence-corrected chi connectivity index (χ4v) is 4.69. The fraction of sp³-hybridized carbons (Fsp3) is 0.609. The molecule has 2 N–H and O–H groups in total. The number of alkyl halides is 3. The number of carbonyl (C=O) groups is 1. The van der Waals surface area contributed by atoms with E-state index in [-0.39, 0.29) is 25.2 Å². The normalized spacial score (nSPS) is 19.9. The number of nitrogens with one attached hydrogen (secondary N) is 2. The molecule has 0 bridgehead atoms. The first-order valence-corrected chi connectivity index (χ1v) is 12.0. The largest absolute Gasteiger partial charge is 0.423 e. The third-order valence-corrected chi connectivity index (χ3v) is 6.51. The minimum Gasteiger partial charge on any atom is -0.382 e. The number of ether oxygens (including phenoxy) is 2. The number of anilines is 2. The van der Waals surface area contributed by atoms with Gasteiger partial charge in [0.05, 0.1) is 31.1 Å². The lowest BCUT2D eigenvalue weighted by molar-refractivity contribution is -0.139. The average molecular weight is 526 g/mol. The zero-order valence-electron chi connectivity index (χ0n) is 20.6. The number of aryl methyl sites for hydroxylation is 1. The van der Waals surface area contributed by atoms with E-state index in [1.165, 1.54) is 7.11 Å². The Kier molecular flexibility index (Phi) is 8.27. The number of likely N-dealkylation sites (tertiary alicyclic amines) is 1. The van der Waals surface area contributed by atoms with Crippen LogP contribution in [0.25, 0.3) is 0 Å². The highest BCUT2D eigenvalue weighted by molar-refractivity contribution is 5.83. The summed E-state index contributed by atoms with van der Waals surface area (Å²) in [5, 5.41) is 7.89. The number of nitrogens with zero attached hydrogens (tertiary/aromatic N) is 5. The summed E-state index contributed by atoms with van der Waals surface area (Å²) in [4.78, 5) is 37.5. The monoisotopic (exact) mass is 525 g/mol. The number of aromatic amines is 1. The molecule has 4 rings (SSSR count). The van der Waals surface area contributed by atoms with Crippen LogP contribution < -0.4 is 15.8 Å². The molecule has 2 aromatic rings. The number of hydrogen-bond acceptors (Lipinski definition) is 9. The highest BCUT2D eigenvalue weighted by Crippen LogP contribution is 2.32. The number of amides is 1. The molecular weight excluding hydrogens is 495 g/mol. The highest BCUT2D eigenvalue weighted by atomic mass is 19.4. The SMILES string of the molecule is COC[C@@H](CO[C@@H]1CCN(C2CCN(c3ncc(C)cn3)CC2)C1=O)Nc1cn[nH]c(=O)c1C(F)(F)F. The van der Waals surface area contributed by atoms with Crippen LogP contribution >= 0.6 is 0 Å². The standard InChI is InChI=1S/C23H30F3N7O4/c1-14-9-27-22(28-10-14)32-6-3-16(4-7-32)33-8-5-18(21(33)35)37-13-15(12-36-2)30-17-11-29-31-20(34)19(17)23(24,25)26/h9-11,15-16,18H,3-8,12-13H2,1-2H3,(H2,30,31,34)/t15-,18+/m0/s1. The van der Waals surface area contributed by atoms with E-state index < -0.39 is 35.1 Å². The molecule has 1 amide bonds. The smallest absolute Gasteiger partial charge is 0.382 e. The number of aromatic nitrogens is 4. The van der Waals surface area contributed by atoms with Gasteiger partial charge >= 0.3 is 6.18 Å². The summed E-state index contributed by atoms with van der Waals surface area (Å²) in [6, 6.07) is -0.665. The first kappa shape index (κ1) is 26.8. The number of piperidine rings is 1. The van der Waals surface area contributed by atoms with Crippen molar-refractivity contribution in [3.05, 3.63) is 40.1 Å². The Hall–Kier alpha value is -3.26. The van der Waals surface area contributed by atoms with Crippen LogP contribution in [-0.2, 0) is 20.4 Å². The lowest BCUT2D eigenvalue weighted by atomic mass is 10.0. The molecule has 2 aliphatic heterocycles. The predicted molar refractivity (Wildman–Crippen MR) is 127 cm³/mol. The molecular formula is C23H30F3N7O4. The maximum Gasteiger partial charge on any atom is 0.423 e. The second-order valence-electron chi connectivity index (χ2n) is 9.20. The molecule has 0 unspecified atom stereocenters. The second-order valence-corrected chi connectivity index (χ2v) is 9.20. The van der Waals surface area contributed by atoms with Crippen molar-refractivity contribution in [2.75, 3.05) is 50.2 Å². The number of halogens is 3. The van der Waals surface area contributed by atoms with Crippen LogP contribution in [0, 0.1) is 6.92 Å². The Morgan fingerprint density at radius 3 is 2.46 bits per heavy atom. The van der Waals surface area contributed by atoms with Crippen LogP contribution in [0.4, 0.5) is 24.8 Å². The molecule has 4 heterocycles. The van der Waals surface area contributed by atoms with Gasteiger partial charge in [0.25, 0.3) is 11.5 Å². The fourth-order valence-electron chi connectivity index (χ4n) is 4.69. The minimum absolute atomic E-state index is 0.00569. The van der Waals surface area contributed by atoms with E-state index >= 15 is 0 Å². The van der Waals surface area contributed by atoms with Gasteiger partial charge in [-0.3, -0.25) is 9.59 Å². The van der Waals surface area contributed by atoms with E-state index in [1.807, 2.05) is 11.8 Å². The summed E-state index contributed by atoms with van der Waals surface area (Å²) in [5.41, 5.74) is -2.22. The van der Waals surface area contributed by atoms with E-state index in [9.17, 15) is 22.8 Å². The molecule has 0 radical (unpaired) electrons. The lowest BCUT2D eigenvalue weighted by Crippen LogP contribution is -2.47.